The minimum atomic E-state index is 0.202. The van der Waals surface area contributed by atoms with Gasteiger partial charge in [-0.2, -0.15) is 5.26 Å². The number of nitrogens with zero attached hydrogens (tertiary/aromatic N) is 1. The van der Waals surface area contributed by atoms with Crippen molar-refractivity contribution in [3.05, 3.63) is 0 Å². The van der Waals surface area contributed by atoms with Gasteiger partial charge in [0.05, 0.1) is 18.6 Å². The number of unbranched alkanes of at least 4 members (excludes halogenated alkanes) is 1. The number of hydrogen-bond donors (Lipinski definition) is 1. The van der Waals surface area contributed by atoms with Crippen molar-refractivity contribution in [2.75, 3.05) is 19.8 Å². The largest absolute Gasteiger partial charge is 0.380 e. The Balaban J connectivity index is 2.13. The first-order chi connectivity index (χ1) is 8.38. The molecular weight excluding hydrogens is 212 g/mol. The molecular formula is C14H26N2O. The number of nitriles is 1. The predicted molar refractivity (Wildman–Crippen MR) is 69.7 cm³/mol. The fraction of sp³-hybridized carbons (Fsp3) is 0.929. The minimum Gasteiger partial charge on any atom is -0.380 e. The van der Waals surface area contributed by atoms with Crippen LogP contribution in [0.2, 0.25) is 0 Å². The number of ether oxygens (including phenoxy) is 1. The van der Waals surface area contributed by atoms with Crippen LogP contribution in [0, 0.1) is 17.2 Å². The van der Waals surface area contributed by atoms with E-state index in [1.807, 2.05) is 0 Å². The SMILES string of the molecule is CCCCOCCNC1CCCCCC1C#N. The number of hydrogen-bond acceptors (Lipinski definition) is 3. The quantitative estimate of drug-likeness (QED) is 0.548. The molecule has 0 spiro atoms. The summed E-state index contributed by atoms with van der Waals surface area (Å²) in [6.07, 6.45) is 8.29. The van der Waals surface area contributed by atoms with Crippen molar-refractivity contribution in [1.29, 1.82) is 5.26 Å². The molecule has 3 nitrogen and oxygen atoms in total. The van der Waals surface area contributed by atoms with Crippen molar-refractivity contribution in [2.24, 2.45) is 5.92 Å². The van der Waals surface area contributed by atoms with Gasteiger partial charge in [0.2, 0.25) is 0 Å². The van der Waals surface area contributed by atoms with Gasteiger partial charge in [-0.25, -0.2) is 0 Å². The molecule has 0 aliphatic heterocycles. The van der Waals surface area contributed by atoms with Crippen LogP contribution in [0.25, 0.3) is 0 Å². The van der Waals surface area contributed by atoms with Crippen molar-refractivity contribution < 1.29 is 4.74 Å². The summed E-state index contributed by atoms with van der Waals surface area (Å²) in [5, 5.41) is 12.6. The summed E-state index contributed by atoms with van der Waals surface area (Å²) in [6.45, 7) is 4.69. The third-order valence-corrected chi connectivity index (χ3v) is 3.48. The van der Waals surface area contributed by atoms with E-state index in [1.165, 1.54) is 25.7 Å². The van der Waals surface area contributed by atoms with Gasteiger partial charge in [0, 0.05) is 19.2 Å². The van der Waals surface area contributed by atoms with Gasteiger partial charge in [0.1, 0.15) is 0 Å². The van der Waals surface area contributed by atoms with E-state index in [0.717, 1.165) is 39.0 Å². The van der Waals surface area contributed by atoms with Gasteiger partial charge in [0.25, 0.3) is 0 Å². The molecule has 0 aromatic heterocycles. The molecule has 1 aliphatic rings. The maximum Gasteiger partial charge on any atom is 0.0672 e. The average molecular weight is 238 g/mol. The van der Waals surface area contributed by atoms with Crippen LogP contribution in [0.1, 0.15) is 51.9 Å². The van der Waals surface area contributed by atoms with E-state index in [0.29, 0.717) is 6.04 Å². The maximum atomic E-state index is 9.14. The fourth-order valence-electron chi connectivity index (χ4n) is 2.37. The van der Waals surface area contributed by atoms with Crippen LogP contribution in [-0.2, 0) is 4.74 Å². The Morgan fingerprint density at radius 1 is 1.24 bits per heavy atom. The second-order valence-electron chi connectivity index (χ2n) is 4.90. The van der Waals surface area contributed by atoms with Crippen LogP contribution in [-0.4, -0.2) is 25.8 Å². The van der Waals surface area contributed by atoms with Crippen LogP contribution < -0.4 is 5.32 Å². The van der Waals surface area contributed by atoms with Gasteiger partial charge >= 0.3 is 0 Å². The summed E-state index contributed by atoms with van der Waals surface area (Å²) in [4.78, 5) is 0. The first-order valence-electron chi connectivity index (χ1n) is 7.09. The first-order valence-corrected chi connectivity index (χ1v) is 7.09. The van der Waals surface area contributed by atoms with E-state index >= 15 is 0 Å². The predicted octanol–water partition coefficient (Wildman–Crippen LogP) is 2.87. The van der Waals surface area contributed by atoms with Gasteiger partial charge in [-0.3, -0.25) is 0 Å². The third kappa shape index (κ3) is 6.05. The van der Waals surface area contributed by atoms with Gasteiger partial charge < -0.3 is 10.1 Å². The van der Waals surface area contributed by atoms with Crippen molar-refractivity contribution >= 4 is 0 Å². The second-order valence-corrected chi connectivity index (χ2v) is 4.90. The Morgan fingerprint density at radius 3 is 2.82 bits per heavy atom. The monoisotopic (exact) mass is 238 g/mol. The van der Waals surface area contributed by atoms with E-state index in [2.05, 4.69) is 18.3 Å². The minimum absolute atomic E-state index is 0.202. The van der Waals surface area contributed by atoms with Crippen LogP contribution in [0.3, 0.4) is 0 Å². The molecule has 0 saturated heterocycles. The Morgan fingerprint density at radius 2 is 2.06 bits per heavy atom. The molecule has 1 N–H and O–H groups in total. The molecule has 2 unspecified atom stereocenters. The molecule has 3 heteroatoms. The maximum absolute atomic E-state index is 9.14. The Labute approximate surface area is 106 Å². The zero-order valence-corrected chi connectivity index (χ0v) is 11.1. The highest BCUT2D eigenvalue weighted by Gasteiger charge is 2.22. The van der Waals surface area contributed by atoms with Gasteiger partial charge in [-0.15, -0.1) is 0 Å². The first kappa shape index (κ1) is 14.5. The van der Waals surface area contributed by atoms with Crippen LogP contribution in [0.15, 0.2) is 0 Å². The topological polar surface area (TPSA) is 45.0 Å². The van der Waals surface area contributed by atoms with Gasteiger partial charge in [-0.1, -0.05) is 32.6 Å². The van der Waals surface area contributed by atoms with E-state index in [-0.39, 0.29) is 5.92 Å². The van der Waals surface area contributed by atoms with E-state index < -0.39 is 0 Å². The summed E-state index contributed by atoms with van der Waals surface area (Å²) in [5.41, 5.74) is 0. The molecule has 1 fully saturated rings. The smallest absolute Gasteiger partial charge is 0.0672 e. The van der Waals surface area contributed by atoms with E-state index in [1.54, 1.807) is 0 Å². The molecule has 17 heavy (non-hydrogen) atoms. The third-order valence-electron chi connectivity index (χ3n) is 3.48. The summed E-state index contributed by atoms with van der Waals surface area (Å²) in [5.74, 6) is 0.202. The van der Waals surface area contributed by atoms with Crippen molar-refractivity contribution in [3.63, 3.8) is 0 Å². The zero-order chi connectivity index (χ0) is 12.3. The highest BCUT2D eigenvalue weighted by molar-refractivity contribution is 4.93. The normalized spacial score (nSPS) is 25.2. The van der Waals surface area contributed by atoms with Crippen molar-refractivity contribution in [3.8, 4) is 6.07 Å². The molecule has 0 aromatic carbocycles. The molecule has 2 atom stereocenters. The van der Waals surface area contributed by atoms with E-state index in [9.17, 15) is 0 Å². The Bertz CT molecular complexity index is 225. The van der Waals surface area contributed by atoms with Crippen molar-refractivity contribution in [2.45, 2.75) is 57.9 Å². The average Bonchev–Trinajstić information content (AvgIpc) is 2.58. The molecule has 0 aromatic rings. The molecule has 1 rings (SSSR count). The molecule has 98 valence electrons. The molecule has 1 saturated carbocycles. The Hall–Kier alpha value is -0.590. The lowest BCUT2D eigenvalue weighted by atomic mass is 9.96. The standard InChI is InChI=1S/C14H26N2O/c1-2-3-10-17-11-9-16-14-8-6-4-5-7-13(14)12-15/h13-14,16H,2-11H2,1H3. The molecule has 0 heterocycles. The van der Waals surface area contributed by atoms with Gasteiger partial charge in [0.15, 0.2) is 0 Å². The van der Waals surface area contributed by atoms with Crippen LogP contribution >= 0.6 is 0 Å². The summed E-state index contributed by atoms with van der Waals surface area (Å²) >= 11 is 0. The Kier molecular flexibility index (Phi) is 8.04. The lowest BCUT2D eigenvalue weighted by Crippen LogP contribution is -2.37. The van der Waals surface area contributed by atoms with Crippen LogP contribution in [0.4, 0.5) is 0 Å². The van der Waals surface area contributed by atoms with Gasteiger partial charge in [-0.05, 0) is 19.3 Å². The number of nitrogens with one attached hydrogen (secondary N) is 1. The summed E-state index contributed by atoms with van der Waals surface area (Å²) < 4.78 is 5.52. The molecule has 0 amide bonds. The highest BCUT2D eigenvalue weighted by atomic mass is 16.5. The zero-order valence-electron chi connectivity index (χ0n) is 11.1. The lowest BCUT2D eigenvalue weighted by molar-refractivity contribution is 0.129. The lowest BCUT2D eigenvalue weighted by Gasteiger charge is -2.20. The second kappa shape index (κ2) is 9.44. The molecule has 0 bridgehead atoms. The number of rotatable bonds is 7. The van der Waals surface area contributed by atoms with Crippen molar-refractivity contribution in [1.82, 2.24) is 5.32 Å². The summed E-state index contributed by atoms with van der Waals surface area (Å²) in [7, 11) is 0. The fourth-order valence-corrected chi connectivity index (χ4v) is 2.37. The highest BCUT2D eigenvalue weighted by Crippen LogP contribution is 2.22. The van der Waals surface area contributed by atoms with E-state index in [4.69, 9.17) is 10.00 Å². The molecule has 1 aliphatic carbocycles. The van der Waals surface area contributed by atoms with Crippen LogP contribution in [0.5, 0.6) is 0 Å². The molecule has 0 radical (unpaired) electrons. The summed E-state index contributed by atoms with van der Waals surface area (Å²) in [6, 6.07) is 2.84.